The van der Waals surface area contributed by atoms with Crippen molar-refractivity contribution in [3.63, 3.8) is 0 Å². The number of carbonyl (C=O) groups excluding carboxylic acids is 2. The van der Waals surface area contributed by atoms with Gasteiger partial charge in [0.05, 0.1) is 6.04 Å². The minimum atomic E-state index is -0.362. The molecule has 0 aliphatic carbocycles. The maximum Gasteiger partial charge on any atom is 0.243 e. The standard InChI is InChI=1S/C13H18N2O2S/c1-8(2)12(10-4-3-7-18-10)15-13(17)9-5-6-11(16)14-9/h3-4,7-9,12H,5-6H2,1-2H3,(H,14,16)(H,15,17)/t9-,12+/m1/s1. The third-order valence-electron chi connectivity index (χ3n) is 3.13. The molecule has 0 aromatic carbocycles. The highest BCUT2D eigenvalue weighted by Gasteiger charge is 2.29. The molecule has 0 bridgehead atoms. The van der Waals surface area contributed by atoms with Crippen LogP contribution >= 0.6 is 11.3 Å². The van der Waals surface area contributed by atoms with E-state index in [1.54, 1.807) is 11.3 Å². The van der Waals surface area contributed by atoms with Gasteiger partial charge in [0.1, 0.15) is 6.04 Å². The van der Waals surface area contributed by atoms with Gasteiger partial charge in [0, 0.05) is 11.3 Å². The van der Waals surface area contributed by atoms with Gasteiger partial charge in [-0.05, 0) is 23.8 Å². The van der Waals surface area contributed by atoms with E-state index in [1.165, 1.54) is 0 Å². The van der Waals surface area contributed by atoms with Crippen molar-refractivity contribution in [3.05, 3.63) is 22.4 Å². The van der Waals surface area contributed by atoms with Gasteiger partial charge < -0.3 is 10.6 Å². The second kappa shape index (κ2) is 5.52. The summed E-state index contributed by atoms with van der Waals surface area (Å²) in [4.78, 5) is 24.4. The lowest BCUT2D eigenvalue weighted by Gasteiger charge is -2.23. The smallest absolute Gasteiger partial charge is 0.243 e. The van der Waals surface area contributed by atoms with E-state index >= 15 is 0 Å². The molecule has 5 heteroatoms. The van der Waals surface area contributed by atoms with Gasteiger partial charge in [0.2, 0.25) is 11.8 Å². The van der Waals surface area contributed by atoms with Gasteiger partial charge in [-0.25, -0.2) is 0 Å². The van der Waals surface area contributed by atoms with E-state index in [-0.39, 0.29) is 23.9 Å². The molecule has 1 saturated heterocycles. The third kappa shape index (κ3) is 2.90. The van der Waals surface area contributed by atoms with Crippen molar-refractivity contribution >= 4 is 23.2 Å². The molecule has 4 nitrogen and oxygen atoms in total. The molecule has 2 rings (SSSR count). The summed E-state index contributed by atoms with van der Waals surface area (Å²) in [6, 6.07) is 3.68. The summed E-state index contributed by atoms with van der Waals surface area (Å²) in [5, 5.41) is 7.74. The highest BCUT2D eigenvalue weighted by Crippen LogP contribution is 2.26. The molecule has 1 aromatic rings. The van der Waals surface area contributed by atoms with E-state index in [1.807, 2.05) is 17.5 Å². The lowest BCUT2D eigenvalue weighted by molar-refractivity contribution is -0.126. The fraction of sp³-hybridized carbons (Fsp3) is 0.538. The highest BCUT2D eigenvalue weighted by molar-refractivity contribution is 7.10. The van der Waals surface area contributed by atoms with Crippen LogP contribution in [0.4, 0.5) is 0 Å². The number of thiophene rings is 1. The molecule has 0 spiro atoms. The predicted molar refractivity (Wildman–Crippen MR) is 71.2 cm³/mol. The van der Waals surface area contributed by atoms with E-state index in [0.29, 0.717) is 18.8 Å². The second-order valence-electron chi connectivity index (χ2n) is 4.90. The SMILES string of the molecule is CC(C)[C@H](NC(=O)[C@H]1CCC(=O)N1)c1cccs1. The summed E-state index contributed by atoms with van der Waals surface area (Å²) in [5.41, 5.74) is 0. The fourth-order valence-corrected chi connectivity index (χ4v) is 3.05. The average molecular weight is 266 g/mol. The van der Waals surface area contributed by atoms with E-state index < -0.39 is 0 Å². The highest BCUT2D eigenvalue weighted by atomic mass is 32.1. The van der Waals surface area contributed by atoms with Crippen LogP contribution in [-0.4, -0.2) is 17.9 Å². The molecule has 0 saturated carbocycles. The molecular formula is C13H18N2O2S. The van der Waals surface area contributed by atoms with Crippen molar-refractivity contribution in [2.45, 2.75) is 38.8 Å². The van der Waals surface area contributed by atoms with Gasteiger partial charge in [0.15, 0.2) is 0 Å². The Morgan fingerprint density at radius 1 is 1.56 bits per heavy atom. The van der Waals surface area contributed by atoms with Gasteiger partial charge in [-0.1, -0.05) is 19.9 Å². The maximum absolute atomic E-state index is 12.1. The van der Waals surface area contributed by atoms with Gasteiger partial charge in [-0.2, -0.15) is 0 Å². The van der Waals surface area contributed by atoms with Crippen LogP contribution in [0.25, 0.3) is 0 Å². The first-order chi connectivity index (χ1) is 8.58. The summed E-state index contributed by atoms with van der Waals surface area (Å²) in [5.74, 6) is 0.213. The quantitative estimate of drug-likeness (QED) is 0.873. The van der Waals surface area contributed by atoms with Crippen LogP contribution in [0, 0.1) is 5.92 Å². The number of nitrogens with one attached hydrogen (secondary N) is 2. The summed E-state index contributed by atoms with van der Waals surface area (Å²) in [7, 11) is 0. The molecule has 2 heterocycles. The van der Waals surface area contributed by atoms with Crippen molar-refractivity contribution < 1.29 is 9.59 Å². The van der Waals surface area contributed by atoms with Crippen molar-refractivity contribution in [3.8, 4) is 0 Å². The predicted octanol–water partition coefficient (Wildman–Crippen LogP) is 1.84. The van der Waals surface area contributed by atoms with Gasteiger partial charge in [-0.3, -0.25) is 9.59 Å². The van der Waals surface area contributed by atoms with E-state index in [4.69, 9.17) is 0 Å². The Bertz CT molecular complexity index is 428. The Labute approximate surface area is 111 Å². The second-order valence-corrected chi connectivity index (χ2v) is 5.88. The molecule has 2 atom stereocenters. The van der Waals surface area contributed by atoms with Crippen molar-refractivity contribution in [2.24, 2.45) is 5.92 Å². The summed E-state index contributed by atoms with van der Waals surface area (Å²) in [6.45, 7) is 4.16. The summed E-state index contributed by atoms with van der Waals surface area (Å²) >= 11 is 1.64. The molecule has 2 amide bonds. The molecule has 0 unspecified atom stereocenters. The third-order valence-corrected chi connectivity index (χ3v) is 4.08. The number of rotatable bonds is 4. The van der Waals surface area contributed by atoms with E-state index in [0.717, 1.165) is 4.88 Å². The van der Waals surface area contributed by atoms with Crippen molar-refractivity contribution in [1.82, 2.24) is 10.6 Å². The minimum Gasteiger partial charge on any atom is -0.346 e. The fourth-order valence-electron chi connectivity index (χ4n) is 2.10. The molecule has 0 radical (unpaired) electrons. The first-order valence-electron chi connectivity index (χ1n) is 6.21. The normalized spacial score (nSPS) is 20.8. The Morgan fingerprint density at radius 3 is 2.83 bits per heavy atom. The van der Waals surface area contributed by atoms with Crippen LogP contribution in [0.5, 0.6) is 0 Å². The molecule has 2 N–H and O–H groups in total. The van der Waals surface area contributed by atoms with Crippen LogP contribution in [0.2, 0.25) is 0 Å². The number of amides is 2. The molecule has 1 aliphatic rings. The molecule has 98 valence electrons. The zero-order valence-corrected chi connectivity index (χ0v) is 11.4. The van der Waals surface area contributed by atoms with Crippen molar-refractivity contribution in [1.29, 1.82) is 0 Å². The first-order valence-corrected chi connectivity index (χ1v) is 7.09. The number of hydrogen-bond acceptors (Lipinski definition) is 3. The topological polar surface area (TPSA) is 58.2 Å². The molecule has 1 aliphatic heterocycles. The average Bonchev–Trinajstić information content (AvgIpc) is 2.95. The van der Waals surface area contributed by atoms with Crippen LogP contribution in [0.1, 0.15) is 37.6 Å². The first kappa shape index (κ1) is 13.1. The Morgan fingerprint density at radius 2 is 2.33 bits per heavy atom. The van der Waals surface area contributed by atoms with Crippen LogP contribution in [0.3, 0.4) is 0 Å². The van der Waals surface area contributed by atoms with E-state index in [2.05, 4.69) is 24.5 Å². The van der Waals surface area contributed by atoms with E-state index in [9.17, 15) is 9.59 Å². The Hall–Kier alpha value is -1.36. The van der Waals surface area contributed by atoms with Gasteiger partial charge >= 0.3 is 0 Å². The zero-order valence-electron chi connectivity index (χ0n) is 10.6. The molecule has 1 aromatic heterocycles. The molecule has 18 heavy (non-hydrogen) atoms. The van der Waals surface area contributed by atoms with Gasteiger partial charge in [0.25, 0.3) is 0 Å². The summed E-state index contributed by atoms with van der Waals surface area (Å²) in [6.07, 6.45) is 1.04. The Kier molecular flexibility index (Phi) is 4.01. The Balaban J connectivity index is 2.01. The van der Waals surface area contributed by atoms with Crippen molar-refractivity contribution in [2.75, 3.05) is 0 Å². The molecular weight excluding hydrogens is 248 g/mol. The van der Waals surface area contributed by atoms with Gasteiger partial charge in [-0.15, -0.1) is 11.3 Å². The molecule has 1 fully saturated rings. The number of carbonyl (C=O) groups is 2. The monoisotopic (exact) mass is 266 g/mol. The minimum absolute atomic E-state index is 0.0232. The number of hydrogen-bond donors (Lipinski definition) is 2. The maximum atomic E-state index is 12.1. The largest absolute Gasteiger partial charge is 0.346 e. The van der Waals surface area contributed by atoms with Crippen LogP contribution in [0.15, 0.2) is 17.5 Å². The summed E-state index contributed by atoms with van der Waals surface area (Å²) < 4.78 is 0. The van der Waals surface area contributed by atoms with Crippen LogP contribution < -0.4 is 10.6 Å². The lowest BCUT2D eigenvalue weighted by Crippen LogP contribution is -2.44. The van der Waals surface area contributed by atoms with Crippen LogP contribution in [-0.2, 0) is 9.59 Å². The zero-order chi connectivity index (χ0) is 13.1. The lowest BCUT2D eigenvalue weighted by atomic mass is 10.0.